The molecule has 0 unspecified atom stereocenters. The molecule has 0 atom stereocenters. The molecule has 0 amide bonds. The van der Waals surface area contributed by atoms with E-state index in [4.69, 9.17) is 4.98 Å². The topological polar surface area (TPSA) is 17.8 Å². The highest BCUT2D eigenvalue weighted by Gasteiger charge is 2.15. The van der Waals surface area contributed by atoms with Crippen molar-refractivity contribution in [1.29, 1.82) is 0 Å². The third-order valence-electron chi connectivity index (χ3n) is 6.32. The maximum Gasteiger partial charge on any atom is 0.114 e. The molecule has 0 fully saturated rings. The van der Waals surface area contributed by atoms with Crippen LogP contribution in [0, 0.1) is 0 Å². The van der Waals surface area contributed by atoms with Gasteiger partial charge in [0.05, 0.1) is 11.0 Å². The van der Waals surface area contributed by atoms with Gasteiger partial charge >= 0.3 is 0 Å². The molecular weight excluding hydrogens is 400 g/mol. The Bertz CT molecular complexity index is 1350. The third-order valence-corrected chi connectivity index (χ3v) is 6.32. The van der Waals surface area contributed by atoms with Gasteiger partial charge in [-0.1, -0.05) is 112 Å². The minimum atomic E-state index is 0.164. The summed E-state index contributed by atoms with van der Waals surface area (Å²) in [7, 11) is 0. The number of benzene rings is 4. The van der Waals surface area contributed by atoms with E-state index in [1.165, 1.54) is 33.3 Å². The summed E-state index contributed by atoms with van der Waals surface area (Å²) in [5, 5.41) is 0. The van der Waals surface area contributed by atoms with Gasteiger partial charge < -0.3 is 4.57 Å². The molecule has 0 bridgehead atoms. The molecule has 2 nitrogen and oxygen atoms in total. The van der Waals surface area contributed by atoms with Gasteiger partial charge in [-0.2, -0.15) is 0 Å². The molecule has 0 aliphatic heterocycles. The second-order valence-electron chi connectivity index (χ2n) is 9.79. The summed E-state index contributed by atoms with van der Waals surface area (Å²) in [4.78, 5) is 5.00. The molecular formula is C31H30N2. The summed E-state index contributed by atoms with van der Waals surface area (Å²) in [6, 6.07) is 36.9. The van der Waals surface area contributed by atoms with Crippen molar-refractivity contribution in [2.24, 2.45) is 0 Å². The summed E-state index contributed by atoms with van der Waals surface area (Å²) in [6.45, 7) is 7.59. The first-order chi connectivity index (χ1) is 16.0. The van der Waals surface area contributed by atoms with Gasteiger partial charge in [-0.05, 0) is 45.4 Å². The van der Waals surface area contributed by atoms with E-state index in [-0.39, 0.29) is 5.41 Å². The van der Waals surface area contributed by atoms with E-state index in [2.05, 4.69) is 128 Å². The number of fused-ring (bicyclic) bond motifs is 1. The van der Waals surface area contributed by atoms with Gasteiger partial charge in [0.1, 0.15) is 5.82 Å². The van der Waals surface area contributed by atoms with Crippen molar-refractivity contribution in [3.8, 4) is 11.1 Å². The van der Waals surface area contributed by atoms with E-state index >= 15 is 0 Å². The van der Waals surface area contributed by atoms with Crippen LogP contribution in [0.15, 0.2) is 103 Å². The average molecular weight is 431 g/mol. The summed E-state index contributed by atoms with van der Waals surface area (Å²) in [6.07, 6.45) is 0.809. The Morgan fingerprint density at radius 1 is 0.636 bits per heavy atom. The molecule has 164 valence electrons. The predicted molar refractivity (Wildman–Crippen MR) is 139 cm³/mol. The number of nitrogens with zero attached hydrogens (tertiary/aromatic N) is 2. The zero-order chi connectivity index (χ0) is 22.8. The lowest BCUT2D eigenvalue weighted by atomic mass is 9.87. The molecule has 5 rings (SSSR count). The third kappa shape index (κ3) is 4.61. The van der Waals surface area contributed by atoms with Gasteiger partial charge in [-0.15, -0.1) is 0 Å². The molecule has 1 heterocycles. The van der Waals surface area contributed by atoms with E-state index in [9.17, 15) is 0 Å². The van der Waals surface area contributed by atoms with Crippen LogP contribution in [0.2, 0.25) is 0 Å². The second-order valence-corrected chi connectivity index (χ2v) is 9.79. The second kappa shape index (κ2) is 8.71. The standard InChI is InChI=1S/C31H30N2/c1-31(2,3)27-19-15-24(16-20-27)22-33-29-12-8-7-11-28(29)32-30(33)21-23-13-17-26(18-14-23)25-9-5-4-6-10-25/h4-20H,21-22H2,1-3H3. The van der Waals surface area contributed by atoms with Crippen molar-refractivity contribution >= 4 is 11.0 Å². The fraction of sp³-hybridized carbons (Fsp3) is 0.194. The van der Waals surface area contributed by atoms with Crippen molar-refractivity contribution in [3.05, 3.63) is 126 Å². The lowest BCUT2D eigenvalue weighted by molar-refractivity contribution is 0.589. The first-order valence-corrected chi connectivity index (χ1v) is 11.7. The van der Waals surface area contributed by atoms with Crippen LogP contribution in [0.5, 0.6) is 0 Å². The van der Waals surface area contributed by atoms with E-state index in [0.29, 0.717) is 0 Å². The summed E-state index contributed by atoms with van der Waals surface area (Å²) in [5.74, 6) is 1.10. The Labute approximate surface area is 196 Å². The maximum absolute atomic E-state index is 5.00. The predicted octanol–water partition coefficient (Wildman–Crippen LogP) is 7.64. The fourth-order valence-corrected chi connectivity index (χ4v) is 4.36. The quantitative estimate of drug-likeness (QED) is 0.280. The highest BCUT2D eigenvalue weighted by Crippen LogP contribution is 2.25. The summed E-state index contributed by atoms with van der Waals surface area (Å²) in [5.41, 5.74) is 8.83. The number of hydrogen-bond acceptors (Lipinski definition) is 1. The first-order valence-electron chi connectivity index (χ1n) is 11.7. The van der Waals surface area contributed by atoms with E-state index in [1.807, 2.05) is 0 Å². The molecule has 0 radical (unpaired) electrons. The molecule has 2 heteroatoms. The Morgan fingerprint density at radius 2 is 1.24 bits per heavy atom. The van der Waals surface area contributed by atoms with Gasteiger partial charge in [0.25, 0.3) is 0 Å². The van der Waals surface area contributed by atoms with Crippen LogP contribution in [0.4, 0.5) is 0 Å². The van der Waals surface area contributed by atoms with Crippen LogP contribution in [-0.4, -0.2) is 9.55 Å². The van der Waals surface area contributed by atoms with Gasteiger partial charge in [-0.25, -0.2) is 4.98 Å². The molecule has 33 heavy (non-hydrogen) atoms. The van der Waals surface area contributed by atoms with Gasteiger partial charge in [0.15, 0.2) is 0 Å². The molecule has 0 spiro atoms. The highest BCUT2D eigenvalue weighted by atomic mass is 15.1. The lowest BCUT2D eigenvalue weighted by Gasteiger charge is -2.19. The van der Waals surface area contributed by atoms with Crippen LogP contribution >= 0.6 is 0 Å². The van der Waals surface area contributed by atoms with Crippen molar-refractivity contribution < 1.29 is 0 Å². The Balaban J connectivity index is 1.44. The van der Waals surface area contributed by atoms with Crippen LogP contribution in [0.1, 0.15) is 43.3 Å². The lowest BCUT2D eigenvalue weighted by Crippen LogP contribution is -2.11. The van der Waals surface area contributed by atoms with Crippen LogP contribution < -0.4 is 0 Å². The number of hydrogen-bond donors (Lipinski definition) is 0. The molecule has 0 aliphatic rings. The zero-order valence-electron chi connectivity index (χ0n) is 19.6. The molecule has 4 aromatic carbocycles. The van der Waals surface area contributed by atoms with Gasteiger partial charge in [-0.3, -0.25) is 0 Å². The Kier molecular flexibility index (Phi) is 5.60. The molecule has 1 aromatic heterocycles. The van der Waals surface area contributed by atoms with Gasteiger partial charge in [0, 0.05) is 13.0 Å². The van der Waals surface area contributed by atoms with E-state index in [1.54, 1.807) is 0 Å². The number of imidazole rings is 1. The summed E-state index contributed by atoms with van der Waals surface area (Å²) < 4.78 is 2.37. The average Bonchev–Trinajstić information content (AvgIpc) is 3.17. The Morgan fingerprint density at radius 3 is 1.94 bits per heavy atom. The molecule has 0 N–H and O–H groups in total. The Hall–Kier alpha value is -3.65. The van der Waals surface area contributed by atoms with Crippen LogP contribution in [0.25, 0.3) is 22.2 Å². The van der Waals surface area contributed by atoms with Crippen molar-refractivity contribution in [2.45, 2.75) is 39.2 Å². The van der Waals surface area contributed by atoms with E-state index < -0.39 is 0 Å². The number of rotatable bonds is 5. The van der Waals surface area contributed by atoms with E-state index in [0.717, 1.165) is 24.3 Å². The molecule has 0 saturated heterocycles. The minimum absolute atomic E-state index is 0.164. The maximum atomic E-state index is 5.00. The SMILES string of the molecule is CC(C)(C)c1ccc(Cn2c(Cc3ccc(-c4ccccc4)cc3)nc3ccccc32)cc1. The highest BCUT2D eigenvalue weighted by molar-refractivity contribution is 5.76. The smallest absolute Gasteiger partial charge is 0.114 e. The van der Waals surface area contributed by atoms with Crippen LogP contribution in [0.3, 0.4) is 0 Å². The van der Waals surface area contributed by atoms with Crippen molar-refractivity contribution in [1.82, 2.24) is 9.55 Å². The van der Waals surface area contributed by atoms with Crippen molar-refractivity contribution in [2.75, 3.05) is 0 Å². The minimum Gasteiger partial charge on any atom is -0.323 e. The number of aromatic nitrogens is 2. The van der Waals surface area contributed by atoms with Crippen LogP contribution in [-0.2, 0) is 18.4 Å². The molecule has 5 aromatic rings. The monoisotopic (exact) mass is 430 g/mol. The first kappa shape index (κ1) is 21.2. The molecule has 0 saturated carbocycles. The summed E-state index contributed by atoms with van der Waals surface area (Å²) >= 11 is 0. The van der Waals surface area contributed by atoms with Gasteiger partial charge in [0.2, 0.25) is 0 Å². The fourth-order valence-electron chi connectivity index (χ4n) is 4.36. The zero-order valence-corrected chi connectivity index (χ0v) is 19.6. The van der Waals surface area contributed by atoms with Crippen molar-refractivity contribution in [3.63, 3.8) is 0 Å². The molecule has 0 aliphatic carbocycles. The normalized spacial score (nSPS) is 11.7. The number of para-hydroxylation sites is 2. The largest absolute Gasteiger partial charge is 0.323 e.